The zero-order valence-corrected chi connectivity index (χ0v) is 16.1. The molecule has 1 heterocycles. The van der Waals surface area contributed by atoms with Crippen LogP contribution in [0.15, 0.2) is 54.9 Å². The molecule has 5 heteroatoms. The van der Waals surface area contributed by atoms with Gasteiger partial charge in [0.15, 0.2) is 0 Å². The van der Waals surface area contributed by atoms with E-state index in [2.05, 4.69) is 34.4 Å². The third-order valence-corrected chi connectivity index (χ3v) is 4.39. The van der Waals surface area contributed by atoms with Gasteiger partial charge in [-0.05, 0) is 43.0 Å². The molecule has 2 N–H and O–H groups in total. The summed E-state index contributed by atoms with van der Waals surface area (Å²) in [5, 5.41) is 6.14. The van der Waals surface area contributed by atoms with Crippen molar-refractivity contribution in [1.82, 2.24) is 9.97 Å². The summed E-state index contributed by atoms with van der Waals surface area (Å²) in [6.07, 6.45) is 3.07. The standard InChI is InChI=1S/C22H24N4O/c1-14(2)19-7-5-6-16(4)20(19)26-21(27)17-12-23-22(24-13-17)25-18-10-8-15(3)9-11-18/h5-14H,1-4H3,(H,26,27)(H,23,24,25). The molecule has 1 aromatic heterocycles. The minimum absolute atomic E-state index is 0.215. The van der Waals surface area contributed by atoms with Gasteiger partial charge in [0.2, 0.25) is 5.95 Å². The Bertz CT molecular complexity index is 932. The molecule has 2 aromatic carbocycles. The normalized spacial score (nSPS) is 10.7. The fourth-order valence-corrected chi connectivity index (χ4v) is 2.80. The van der Waals surface area contributed by atoms with Gasteiger partial charge in [0.1, 0.15) is 0 Å². The first-order valence-electron chi connectivity index (χ1n) is 9.00. The van der Waals surface area contributed by atoms with Gasteiger partial charge in [-0.2, -0.15) is 0 Å². The zero-order chi connectivity index (χ0) is 19.4. The number of amides is 1. The Morgan fingerprint density at radius 1 is 0.963 bits per heavy atom. The molecule has 0 bridgehead atoms. The first-order chi connectivity index (χ1) is 12.9. The molecule has 0 aliphatic carbocycles. The van der Waals surface area contributed by atoms with Gasteiger partial charge in [-0.1, -0.05) is 49.7 Å². The van der Waals surface area contributed by atoms with Gasteiger partial charge in [-0.15, -0.1) is 0 Å². The molecule has 1 amide bonds. The van der Waals surface area contributed by atoms with E-state index >= 15 is 0 Å². The van der Waals surface area contributed by atoms with E-state index in [0.29, 0.717) is 17.4 Å². The van der Waals surface area contributed by atoms with Crippen LogP contribution in [0.3, 0.4) is 0 Å². The van der Waals surface area contributed by atoms with Gasteiger partial charge in [0, 0.05) is 23.8 Å². The molecule has 0 aliphatic rings. The van der Waals surface area contributed by atoms with Gasteiger partial charge >= 0.3 is 0 Å². The fraction of sp³-hybridized carbons (Fsp3) is 0.227. The van der Waals surface area contributed by atoms with E-state index in [1.165, 1.54) is 18.0 Å². The molecular formula is C22H24N4O. The summed E-state index contributed by atoms with van der Waals surface area (Å²) in [7, 11) is 0. The lowest BCUT2D eigenvalue weighted by Gasteiger charge is -2.16. The van der Waals surface area contributed by atoms with Crippen LogP contribution in [0.5, 0.6) is 0 Å². The van der Waals surface area contributed by atoms with Crippen LogP contribution in [0.2, 0.25) is 0 Å². The highest BCUT2D eigenvalue weighted by atomic mass is 16.1. The highest BCUT2D eigenvalue weighted by molar-refractivity contribution is 6.04. The van der Waals surface area contributed by atoms with Crippen molar-refractivity contribution in [1.29, 1.82) is 0 Å². The second kappa shape index (κ2) is 7.99. The van der Waals surface area contributed by atoms with Gasteiger partial charge in [0.05, 0.1) is 5.56 Å². The van der Waals surface area contributed by atoms with Gasteiger partial charge in [-0.25, -0.2) is 9.97 Å². The van der Waals surface area contributed by atoms with E-state index in [9.17, 15) is 4.79 Å². The highest BCUT2D eigenvalue weighted by Crippen LogP contribution is 2.27. The number of aromatic nitrogens is 2. The number of hydrogen-bond acceptors (Lipinski definition) is 4. The van der Waals surface area contributed by atoms with E-state index in [4.69, 9.17) is 0 Å². The zero-order valence-electron chi connectivity index (χ0n) is 16.1. The fourth-order valence-electron chi connectivity index (χ4n) is 2.80. The van der Waals surface area contributed by atoms with Crippen LogP contribution < -0.4 is 10.6 Å². The molecule has 0 fully saturated rings. The van der Waals surface area contributed by atoms with Crippen molar-refractivity contribution < 1.29 is 4.79 Å². The number of para-hydroxylation sites is 1. The Morgan fingerprint density at radius 2 is 1.63 bits per heavy atom. The number of carbonyl (C=O) groups is 1. The average molecular weight is 360 g/mol. The molecule has 3 rings (SSSR count). The Kier molecular flexibility index (Phi) is 5.50. The summed E-state index contributed by atoms with van der Waals surface area (Å²) in [6, 6.07) is 14.0. The molecule has 0 saturated heterocycles. The lowest BCUT2D eigenvalue weighted by atomic mass is 9.98. The number of aryl methyl sites for hydroxylation is 2. The van der Waals surface area contributed by atoms with Crippen LogP contribution in [0.1, 0.15) is 46.8 Å². The van der Waals surface area contributed by atoms with Crippen molar-refractivity contribution in [2.75, 3.05) is 10.6 Å². The summed E-state index contributed by atoms with van der Waals surface area (Å²) in [5.74, 6) is 0.555. The Labute approximate surface area is 159 Å². The Balaban J connectivity index is 1.74. The van der Waals surface area contributed by atoms with Crippen LogP contribution in [-0.2, 0) is 0 Å². The average Bonchev–Trinajstić information content (AvgIpc) is 2.65. The number of carbonyl (C=O) groups excluding carboxylic acids is 1. The van der Waals surface area contributed by atoms with Crippen molar-refractivity contribution in [2.45, 2.75) is 33.6 Å². The van der Waals surface area contributed by atoms with E-state index < -0.39 is 0 Å². The Morgan fingerprint density at radius 3 is 2.26 bits per heavy atom. The number of anilines is 3. The molecule has 27 heavy (non-hydrogen) atoms. The maximum Gasteiger partial charge on any atom is 0.258 e. The molecule has 0 unspecified atom stereocenters. The smallest absolute Gasteiger partial charge is 0.258 e. The second-order valence-corrected chi connectivity index (χ2v) is 6.93. The monoisotopic (exact) mass is 360 g/mol. The van der Waals surface area contributed by atoms with Crippen molar-refractivity contribution in [3.8, 4) is 0 Å². The third-order valence-electron chi connectivity index (χ3n) is 4.39. The van der Waals surface area contributed by atoms with E-state index in [0.717, 1.165) is 22.5 Å². The number of nitrogens with one attached hydrogen (secondary N) is 2. The van der Waals surface area contributed by atoms with Crippen LogP contribution in [0, 0.1) is 13.8 Å². The van der Waals surface area contributed by atoms with Gasteiger partial charge in [0.25, 0.3) is 5.91 Å². The summed E-state index contributed by atoms with van der Waals surface area (Å²) in [6.45, 7) is 8.25. The predicted molar refractivity (Wildman–Crippen MR) is 110 cm³/mol. The van der Waals surface area contributed by atoms with Crippen LogP contribution >= 0.6 is 0 Å². The molecular weight excluding hydrogens is 336 g/mol. The first-order valence-corrected chi connectivity index (χ1v) is 9.00. The minimum atomic E-state index is -0.215. The number of rotatable bonds is 5. The van der Waals surface area contributed by atoms with E-state index in [-0.39, 0.29) is 5.91 Å². The molecule has 5 nitrogen and oxygen atoms in total. The van der Waals surface area contributed by atoms with E-state index in [1.807, 2.05) is 56.3 Å². The highest BCUT2D eigenvalue weighted by Gasteiger charge is 2.14. The third kappa shape index (κ3) is 4.50. The van der Waals surface area contributed by atoms with Crippen molar-refractivity contribution in [2.24, 2.45) is 0 Å². The second-order valence-electron chi connectivity index (χ2n) is 6.93. The van der Waals surface area contributed by atoms with Gasteiger partial charge in [-0.3, -0.25) is 4.79 Å². The number of benzene rings is 2. The summed E-state index contributed by atoms with van der Waals surface area (Å²) in [4.78, 5) is 21.1. The summed E-state index contributed by atoms with van der Waals surface area (Å²) < 4.78 is 0. The summed E-state index contributed by atoms with van der Waals surface area (Å²) in [5.41, 5.74) is 5.52. The predicted octanol–water partition coefficient (Wildman–Crippen LogP) is 5.21. The molecule has 0 spiro atoms. The maximum atomic E-state index is 12.6. The molecule has 3 aromatic rings. The van der Waals surface area contributed by atoms with Crippen LogP contribution in [-0.4, -0.2) is 15.9 Å². The number of nitrogens with zero attached hydrogens (tertiary/aromatic N) is 2. The molecule has 0 saturated carbocycles. The van der Waals surface area contributed by atoms with E-state index in [1.54, 1.807) is 0 Å². The molecule has 138 valence electrons. The Hall–Kier alpha value is -3.21. The lowest BCUT2D eigenvalue weighted by molar-refractivity contribution is 0.102. The molecule has 0 radical (unpaired) electrons. The lowest BCUT2D eigenvalue weighted by Crippen LogP contribution is -2.15. The van der Waals surface area contributed by atoms with Crippen LogP contribution in [0.4, 0.5) is 17.3 Å². The van der Waals surface area contributed by atoms with Crippen molar-refractivity contribution >= 4 is 23.2 Å². The van der Waals surface area contributed by atoms with Crippen LogP contribution in [0.25, 0.3) is 0 Å². The molecule has 0 atom stereocenters. The maximum absolute atomic E-state index is 12.6. The largest absolute Gasteiger partial charge is 0.324 e. The summed E-state index contributed by atoms with van der Waals surface area (Å²) >= 11 is 0. The number of hydrogen-bond donors (Lipinski definition) is 2. The van der Waals surface area contributed by atoms with Crippen molar-refractivity contribution in [3.05, 3.63) is 77.1 Å². The first kappa shape index (κ1) is 18.6. The minimum Gasteiger partial charge on any atom is -0.324 e. The van der Waals surface area contributed by atoms with Gasteiger partial charge < -0.3 is 10.6 Å². The molecule has 0 aliphatic heterocycles. The van der Waals surface area contributed by atoms with Crippen molar-refractivity contribution in [3.63, 3.8) is 0 Å². The SMILES string of the molecule is Cc1ccc(Nc2ncc(C(=O)Nc3c(C)cccc3C(C)C)cn2)cc1. The quantitative estimate of drug-likeness (QED) is 0.655. The topological polar surface area (TPSA) is 66.9 Å².